The summed E-state index contributed by atoms with van der Waals surface area (Å²) in [5.41, 5.74) is -0.362. The summed E-state index contributed by atoms with van der Waals surface area (Å²) in [5.74, 6) is 1.31. The van der Waals surface area contributed by atoms with Gasteiger partial charge in [0.15, 0.2) is 11.2 Å². The summed E-state index contributed by atoms with van der Waals surface area (Å²) in [5, 5.41) is 10.3. The van der Waals surface area contributed by atoms with Crippen LogP contribution in [0.5, 0.6) is 11.5 Å². The van der Waals surface area contributed by atoms with Gasteiger partial charge in [0.25, 0.3) is 5.56 Å². The molecule has 0 aliphatic carbocycles. The van der Waals surface area contributed by atoms with Crippen molar-refractivity contribution in [3.05, 3.63) is 51.4 Å². The van der Waals surface area contributed by atoms with Gasteiger partial charge in [-0.2, -0.15) is 0 Å². The van der Waals surface area contributed by atoms with E-state index < -0.39 is 17.4 Å². The van der Waals surface area contributed by atoms with E-state index in [1.54, 1.807) is 38.4 Å². The highest BCUT2D eigenvalue weighted by molar-refractivity contribution is 5.69. The summed E-state index contributed by atoms with van der Waals surface area (Å²) < 4.78 is 14.5. The fourth-order valence-corrected chi connectivity index (χ4v) is 2.68. The number of nitrogens with zero attached hydrogens (tertiary/aromatic N) is 4. The van der Waals surface area contributed by atoms with Crippen LogP contribution in [0, 0.1) is 0 Å². The molecule has 0 amide bonds. The molecule has 0 saturated heterocycles. The highest BCUT2D eigenvalue weighted by Gasteiger charge is 2.16. The Morgan fingerprint density at radius 1 is 1.12 bits per heavy atom. The third-order valence-corrected chi connectivity index (χ3v) is 4.13. The molecule has 0 aliphatic rings. The number of aliphatic hydroxyl groups excluding tert-OH is 1. The van der Waals surface area contributed by atoms with Gasteiger partial charge in [0.05, 0.1) is 20.0 Å². The largest absolute Gasteiger partial charge is 0.497 e. The Kier molecular flexibility index (Phi) is 4.81. The second-order valence-electron chi connectivity index (χ2n) is 5.92. The van der Waals surface area contributed by atoms with Crippen LogP contribution in [0.15, 0.2) is 40.2 Å². The summed E-state index contributed by atoms with van der Waals surface area (Å²) >= 11 is 0. The maximum atomic E-state index is 12.4. The third kappa shape index (κ3) is 3.21. The van der Waals surface area contributed by atoms with E-state index in [1.165, 1.54) is 22.5 Å². The van der Waals surface area contributed by atoms with Gasteiger partial charge in [0.1, 0.15) is 24.2 Å². The molecule has 9 heteroatoms. The minimum Gasteiger partial charge on any atom is -0.497 e. The predicted molar refractivity (Wildman–Crippen MR) is 94.7 cm³/mol. The van der Waals surface area contributed by atoms with Gasteiger partial charge in [0.2, 0.25) is 0 Å². The summed E-state index contributed by atoms with van der Waals surface area (Å²) in [4.78, 5) is 28.4. The minimum atomic E-state index is -0.864. The zero-order valence-corrected chi connectivity index (χ0v) is 14.7. The summed E-state index contributed by atoms with van der Waals surface area (Å²) in [6, 6.07) is 7.00. The lowest BCUT2D eigenvalue weighted by atomic mass is 10.3. The van der Waals surface area contributed by atoms with Gasteiger partial charge >= 0.3 is 5.69 Å². The average molecular weight is 360 g/mol. The lowest BCUT2D eigenvalue weighted by molar-refractivity contribution is 0.0933. The van der Waals surface area contributed by atoms with E-state index in [9.17, 15) is 14.7 Å². The van der Waals surface area contributed by atoms with Crippen LogP contribution < -0.4 is 20.7 Å². The Balaban J connectivity index is 1.76. The third-order valence-electron chi connectivity index (χ3n) is 4.13. The Bertz CT molecular complexity index is 1030. The molecule has 3 aromatic rings. The Hall–Kier alpha value is -3.07. The van der Waals surface area contributed by atoms with Crippen molar-refractivity contribution in [2.75, 3.05) is 13.7 Å². The van der Waals surface area contributed by atoms with Gasteiger partial charge < -0.3 is 19.1 Å². The first-order chi connectivity index (χ1) is 12.4. The van der Waals surface area contributed by atoms with Crippen molar-refractivity contribution in [1.29, 1.82) is 0 Å². The molecule has 1 N–H and O–H groups in total. The Morgan fingerprint density at radius 2 is 1.77 bits per heavy atom. The number of benzene rings is 1. The maximum Gasteiger partial charge on any atom is 0.332 e. The van der Waals surface area contributed by atoms with Crippen molar-refractivity contribution in [2.24, 2.45) is 14.1 Å². The van der Waals surface area contributed by atoms with Gasteiger partial charge in [-0.1, -0.05) is 0 Å². The monoisotopic (exact) mass is 360 g/mol. The van der Waals surface area contributed by atoms with Gasteiger partial charge in [0, 0.05) is 14.1 Å². The van der Waals surface area contributed by atoms with Crippen LogP contribution in [0.2, 0.25) is 0 Å². The number of ether oxygens (including phenoxy) is 2. The van der Waals surface area contributed by atoms with Gasteiger partial charge in [-0.15, -0.1) is 0 Å². The highest BCUT2D eigenvalue weighted by Crippen LogP contribution is 2.17. The Morgan fingerprint density at radius 3 is 2.42 bits per heavy atom. The lowest BCUT2D eigenvalue weighted by Crippen LogP contribution is -2.38. The van der Waals surface area contributed by atoms with Crippen LogP contribution in [-0.2, 0) is 20.6 Å². The first kappa shape index (κ1) is 17.7. The first-order valence-corrected chi connectivity index (χ1v) is 7.98. The molecule has 0 spiro atoms. The van der Waals surface area contributed by atoms with Crippen molar-refractivity contribution in [1.82, 2.24) is 18.7 Å². The van der Waals surface area contributed by atoms with Crippen molar-refractivity contribution in [3.8, 4) is 11.5 Å². The molecule has 2 heterocycles. The Labute approximate surface area is 148 Å². The van der Waals surface area contributed by atoms with Crippen LogP contribution in [-0.4, -0.2) is 43.6 Å². The molecule has 138 valence electrons. The quantitative estimate of drug-likeness (QED) is 0.658. The second-order valence-corrected chi connectivity index (χ2v) is 5.92. The number of aryl methyl sites for hydroxylation is 1. The molecule has 0 aliphatic heterocycles. The van der Waals surface area contributed by atoms with Gasteiger partial charge in [-0.25, -0.2) is 9.78 Å². The fraction of sp³-hybridized carbons (Fsp3) is 0.353. The van der Waals surface area contributed by atoms with Crippen molar-refractivity contribution in [2.45, 2.75) is 12.6 Å². The second kappa shape index (κ2) is 7.04. The minimum absolute atomic E-state index is 0.0398. The maximum absolute atomic E-state index is 12.4. The molecule has 1 unspecified atom stereocenters. The normalized spacial score (nSPS) is 12.3. The number of aromatic nitrogens is 4. The summed E-state index contributed by atoms with van der Waals surface area (Å²) in [7, 11) is 4.53. The molecule has 0 saturated carbocycles. The molecule has 9 nitrogen and oxygen atoms in total. The SMILES string of the molecule is COc1ccc(OCC(O)Cn2cnc3c2c(=O)n(C)c(=O)n3C)cc1. The number of hydrogen-bond acceptors (Lipinski definition) is 6. The summed E-state index contributed by atoms with van der Waals surface area (Å²) in [6.45, 7) is 0.151. The number of methoxy groups -OCH3 is 1. The zero-order chi connectivity index (χ0) is 18.8. The van der Waals surface area contributed by atoms with Crippen LogP contribution in [0.25, 0.3) is 11.2 Å². The fourth-order valence-electron chi connectivity index (χ4n) is 2.68. The van der Waals surface area contributed by atoms with Crippen LogP contribution in [0.3, 0.4) is 0 Å². The van der Waals surface area contributed by atoms with Crippen molar-refractivity contribution < 1.29 is 14.6 Å². The van der Waals surface area contributed by atoms with Crippen LogP contribution >= 0.6 is 0 Å². The molecule has 3 rings (SSSR count). The lowest BCUT2D eigenvalue weighted by Gasteiger charge is -2.14. The van der Waals surface area contributed by atoms with E-state index >= 15 is 0 Å². The van der Waals surface area contributed by atoms with Crippen molar-refractivity contribution >= 4 is 11.2 Å². The van der Waals surface area contributed by atoms with Crippen LogP contribution in [0.4, 0.5) is 0 Å². The molecular formula is C17H20N4O5. The van der Waals surface area contributed by atoms with Crippen molar-refractivity contribution in [3.63, 3.8) is 0 Å². The molecule has 1 atom stereocenters. The van der Waals surface area contributed by atoms with E-state index in [0.29, 0.717) is 11.5 Å². The molecule has 1 aromatic carbocycles. The number of hydrogen-bond donors (Lipinski definition) is 1. The van der Waals surface area contributed by atoms with E-state index in [-0.39, 0.29) is 24.3 Å². The van der Waals surface area contributed by atoms with E-state index in [0.717, 1.165) is 4.57 Å². The smallest absolute Gasteiger partial charge is 0.332 e. The highest BCUT2D eigenvalue weighted by atomic mass is 16.5. The predicted octanol–water partition coefficient (Wildman–Crippen LogP) is -0.118. The topological polar surface area (TPSA) is 101 Å². The zero-order valence-electron chi connectivity index (χ0n) is 14.7. The molecule has 0 bridgehead atoms. The van der Waals surface area contributed by atoms with Gasteiger partial charge in [-0.05, 0) is 24.3 Å². The van der Waals surface area contributed by atoms with Crippen LogP contribution in [0.1, 0.15) is 0 Å². The standard InChI is InChI=1S/C17H20N4O5/c1-19-15-14(16(23)20(2)17(19)24)21(10-18-15)8-11(22)9-26-13-6-4-12(25-3)5-7-13/h4-7,10-11,22H,8-9H2,1-3H3. The number of rotatable bonds is 6. The molecule has 2 aromatic heterocycles. The number of imidazole rings is 1. The van der Waals surface area contributed by atoms with E-state index in [1.807, 2.05) is 0 Å². The van der Waals surface area contributed by atoms with E-state index in [4.69, 9.17) is 9.47 Å². The molecule has 0 radical (unpaired) electrons. The average Bonchev–Trinajstić information content (AvgIpc) is 3.07. The van der Waals surface area contributed by atoms with E-state index in [2.05, 4.69) is 4.98 Å². The van der Waals surface area contributed by atoms with Gasteiger partial charge in [-0.3, -0.25) is 13.9 Å². The molecule has 0 fully saturated rings. The number of aliphatic hydroxyl groups is 1. The first-order valence-electron chi connectivity index (χ1n) is 7.98. The molecule has 26 heavy (non-hydrogen) atoms. The number of fused-ring (bicyclic) bond motifs is 1. The summed E-state index contributed by atoms with van der Waals surface area (Å²) in [6.07, 6.45) is 0.568. The molecular weight excluding hydrogens is 340 g/mol.